The van der Waals surface area contributed by atoms with Crippen LogP contribution in [0.3, 0.4) is 0 Å². The minimum atomic E-state index is -0.552. The smallest absolute Gasteiger partial charge is 0.243 e. The molecule has 110 valence electrons. The van der Waals surface area contributed by atoms with Gasteiger partial charge in [0.2, 0.25) is 11.8 Å². The Balaban J connectivity index is 1.63. The van der Waals surface area contributed by atoms with Gasteiger partial charge in [-0.05, 0) is 28.1 Å². The summed E-state index contributed by atoms with van der Waals surface area (Å²) in [6, 6.07) is 2.82. The van der Waals surface area contributed by atoms with Crippen LogP contribution in [-0.4, -0.2) is 33.9 Å². The van der Waals surface area contributed by atoms with Crippen LogP contribution >= 0.6 is 27.3 Å². The lowest BCUT2D eigenvalue weighted by Gasteiger charge is -2.29. The molecule has 2 amide bonds. The van der Waals surface area contributed by atoms with Gasteiger partial charge in [0.05, 0.1) is 10.1 Å². The van der Waals surface area contributed by atoms with Crippen molar-refractivity contribution in [3.63, 3.8) is 0 Å². The molecule has 3 heterocycles. The molecule has 0 saturated carbocycles. The maximum Gasteiger partial charge on any atom is 0.243 e. The van der Waals surface area contributed by atoms with E-state index in [2.05, 4.69) is 36.5 Å². The van der Waals surface area contributed by atoms with E-state index in [1.165, 1.54) is 0 Å². The van der Waals surface area contributed by atoms with E-state index < -0.39 is 12.1 Å². The number of halogens is 1. The number of carbonyl (C=O) groups excluding carboxylic acids is 2. The lowest BCUT2D eigenvalue weighted by atomic mass is 10.0. The van der Waals surface area contributed by atoms with E-state index in [1.54, 1.807) is 23.9 Å². The van der Waals surface area contributed by atoms with Crippen LogP contribution in [0.4, 0.5) is 0 Å². The predicted molar refractivity (Wildman–Crippen MR) is 81.9 cm³/mol. The molecular formula is C13H13BrN4O2S. The average molecular weight is 369 g/mol. The van der Waals surface area contributed by atoms with E-state index in [-0.39, 0.29) is 11.8 Å². The van der Waals surface area contributed by atoms with Crippen LogP contribution in [0.1, 0.15) is 10.6 Å². The minimum Gasteiger partial charge on any atom is -0.348 e. The second kappa shape index (κ2) is 5.98. The molecule has 0 aromatic carbocycles. The molecule has 6 nitrogen and oxygen atoms in total. The largest absolute Gasteiger partial charge is 0.348 e. The van der Waals surface area contributed by atoms with Crippen LogP contribution in [-0.2, 0) is 22.4 Å². The van der Waals surface area contributed by atoms with Crippen molar-refractivity contribution in [3.05, 3.63) is 39.0 Å². The first-order valence-corrected chi connectivity index (χ1v) is 8.05. The fraction of sp³-hybridized carbons (Fsp3) is 0.308. The van der Waals surface area contributed by atoms with Crippen molar-refractivity contribution < 1.29 is 9.59 Å². The lowest BCUT2D eigenvalue weighted by molar-refractivity contribution is -0.136. The molecule has 1 aliphatic rings. The molecule has 3 N–H and O–H groups in total. The molecule has 3 rings (SSSR count). The third-order valence-corrected chi connectivity index (χ3v) is 4.92. The van der Waals surface area contributed by atoms with E-state index in [0.717, 1.165) is 14.4 Å². The maximum atomic E-state index is 12.1. The first kappa shape index (κ1) is 14.3. The van der Waals surface area contributed by atoms with Gasteiger partial charge >= 0.3 is 0 Å². The van der Waals surface area contributed by atoms with Gasteiger partial charge in [-0.25, -0.2) is 4.98 Å². The van der Waals surface area contributed by atoms with Gasteiger partial charge in [0.1, 0.15) is 12.1 Å². The highest BCUT2D eigenvalue weighted by molar-refractivity contribution is 9.11. The highest BCUT2D eigenvalue weighted by Gasteiger charge is 2.34. The number of piperazine rings is 1. The number of aromatic nitrogens is 2. The van der Waals surface area contributed by atoms with E-state index in [9.17, 15) is 9.59 Å². The number of hydrogen-bond acceptors (Lipinski definition) is 4. The minimum absolute atomic E-state index is 0.149. The van der Waals surface area contributed by atoms with Gasteiger partial charge in [0, 0.05) is 29.6 Å². The van der Waals surface area contributed by atoms with E-state index in [4.69, 9.17) is 0 Å². The molecule has 2 aromatic rings. The van der Waals surface area contributed by atoms with E-state index in [0.29, 0.717) is 12.8 Å². The molecule has 2 atom stereocenters. The fourth-order valence-electron chi connectivity index (χ4n) is 2.24. The van der Waals surface area contributed by atoms with Gasteiger partial charge < -0.3 is 15.6 Å². The summed E-state index contributed by atoms with van der Waals surface area (Å²) in [6.07, 6.45) is 4.11. The number of aromatic amines is 1. The number of thiophene rings is 1. The average Bonchev–Trinajstić information content (AvgIpc) is 3.07. The van der Waals surface area contributed by atoms with Crippen molar-refractivity contribution in [3.8, 4) is 0 Å². The molecule has 0 spiro atoms. The molecule has 8 heteroatoms. The fourth-order valence-corrected chi connectivity index (χ4v) is 3.77. The zero-order valence-electron chi connectivity index (χ0n) is 10.9. The Morgan fingerprint density at radius 3 is 2.43 bits per heavy atom. The van der Waals surface area contributed by atoms with Crippen molar-refractivity contribution in [2.45, 2.75) is 24.9 Å². The van der Waals surface area contributed by atoms with Crippen molar-refractivity contribution in [1.82, 2.24) is 20.6 Å². The van der Waals surface area contributed by atoms with Gasteiger partial charge in [-0.3, -0.25) is 9.59 Å². The number of imidazole rings is 1. The number of hydrogen-bond donors (Lipinski definition) is 3. The summed E-state index contributed by atoms with van der Waals surface area (Å²) in [4.78, 5) is 32.1. The first-order chi connectivity index (χ1) is 10.1. The Morgan fingerprint density at radius 1 is 1.14 bits per heavy atom. The zero-order chi connectivity index (χ0) is 14.8. The summed E-state index contributed by atoms with van der Waals surface area (Å²) in [6.45, 7) is 0. The highest BCUT2D eigenvalue weighted by atomic mass is 79.9. The number of rotatable bonds is 4. The van der Waals surface area contributed by atoms with Crippen LogP contribution < -0.4 is 10.6 Å². The third kappa shape index (κ3) is 3.33. The summed E-state index contributed by atoms with van der Waals surface area (Å²) >= 11 is 4.95. The van der Waals surface area contributed by atoms with Crippen LogP contribution in [0.25, 0.3) is 0 Å². The Hall–Kier alpha value is -1.67. The van der Waals surface area contributed by atoms with Gasteiger partial charge in [0.25, 0.3) is 0 Å². The molecule has 1 saturated heterocycles. The van der Waals surface area contributed by atoms with Crippen LogP contribution in [0.2, 0.25) is 0 Å². The number of amides is 2. The van der Waals surface area contributed by atoms with Crippen LogP contribution in [0.15, 0.2) is 28.4 Å². The quantitative estimate of drug-likeness (QED) is 0.752. The third-order valence-electron chi connectivity index (χ3n) is 3.28. The first-order valence-electron chi connectivity index (χ1n) is 6.44. The van der Waals surface area contributed by atoms with Crippen LogP contribution in [0, 0.1) is 0 Å². The molecule has 0 bridgehead atoms. The molecular weight excluding hydrogens is 356 g/mol. The summed E-state index contributed by atoms with van der Waals surface area (Å²) in [5.41, 5.74) is 0.816. The molecule has 1 fully saturated rings. The Kier molecular flexibility index (Phi) is 4.07. The van der Waals surface area contributed by atoms with Crippen molar-refractivity contribution in [2.24, 2.45) is 0 Å². The Bertz CT molecular complexity index is 655. The SMILES string of the molecule is O=C1N[C@H](Cc2ccc(Br)s2)C(=O)N[C@H]1Cc1cnc[nH]1. The Labute approximate surface area is 133 Å². The maximum absolute atomic E-state index is 12.1. The number of carbonyl (C=O) groups is 2. The van der Waals surface area contributed by atoms with Gasteiger partial charge in [-0.2, -0.15) is 0 Å². The number of nitrogens with zero attached hydrogens (tertiary/aromatic N) is 1. The molecule has 21 heavy (non-hydrogen) atoms. The Morgan fingerprint density at radius 2 is 1.86 bits per heavy atom. The van der Waals surface area contributed by atoms with E-state index in [1.807, 2.05) is 12.1 Å². The monoisotopic (exact) mass is 368 g/mol. The highest BCUT2D eigenvalue weighted by Crippen LogP contribution is 2.23. The number of nitrogens with one attached hydrogen (secondary N) is 3. The molecule has 0 radical (unpaired) electrons. The predicted octanol–water partition coefficient (Wildman–Crippen LogP) is 1.00. The molecule has 2 aromatic heterocycles. The summed E-state index contributed by atoms with van der Waals surface area (Å²) in [5, 5.41) is 5.57. The molecule has 0 aliphatic carbocycles. The second-order valence-electron chi connectivity index (χ2n) is 4.81. The van der Waals surface area contributed by atoms with Crippen LogP contribution in [0.5, 0.6) is 0 Å². The van der Waals surface area contributed by atoms with Gasteiger partial charge in [-0.1, -0.05) is 0 Å². The molecule has 0 unspecified atom stereocenters. The standard InChI is InChI=1S/C13H13BrN4O2S/c14-11-2-1-8(21-11)4-10-13(20)17-9(12(19)18-10)3-7-5-15-6-16-7/h1-2,5-6,9-10H,3-4H2,(H,15,16)(H,17,20)(H,18,19)/t9-,10+/m0/s1. The van der Waals surface area contributed by atoms with E-state index >= 15 is 0 Å². The lowest BCUT2D eigenvalue weighted by Crippen LogP contribution is -2.62. The van der Waals surface area contributed by atoms with Crippen molar-refractivity contribution in [1.29, 1.82) is 0 Å². The summed E-state index contributed by atoms with van der Waals surface area (Å²) in [5.74, 6) is -0.312. The summed E-state index contributed by atoms with van der Waals surface area (Å²) < 4.78 is 1.01. The number of H-pyrrole nitrogens is 1. The second-order valence-corrected chi connectivity index (χ2v) is 7.36. The summed E-state index contributed by atoms with van der Waals surface area (Å²) in [7, 11) is 0. The van der Waals surface area contributed by atoms with Gasteiger partial charge in [-0.15, -0.1) is 11.3 Å². The van der Waals surface area contributed by atoms with Crippen molar-refractivity contribution in [2.75, 3.05) is 0 Å². The van der Waals surface area contributed by atoms with Crippen molar-refractivity contribution >= 4 is 39.1 Å². The molecule has 1 aliphatic heterocycles. The topological polar surface area (TPSA) is 86.9 Å². The van der Waals surface area contributed by atoms with Gasteiger partial charge in [0.15, 0.2) is 0 Å². The normalized spacial score (nSPS) is 22.0. The zero-order valence-corrected chi connectivity index (χ0v) is 13.3.